The minimum absolute atomic E-state index is 0.209. The van der Waals surface area contributed by atoms with Crippen molar-refractivity contribution in [1.82, 2.24) is 15.3 Å². The molecule has 7 nitrogen and oxygen atoms in total. The normalized spacial score (nSPS) is 17.5. The first kappa shape index (κ1) is 27.6. The molecule has 1 aliphatic carbocycles. The van der Waals surface area contributed by atoms with Gasteiger partial charge in [-0.1, -0.05) is 29.8 Å². The molecule has 0 unspecified atom stereocenters. The van der Waals surface area contributed by atoms with Crippen LogP contribution >= 0.6 is 11.6 Å². The highest BCUT2D eigenvalue weighted by atomic mass is 35.5. The van der Waals surface area contributed by atoms with Crippen molar-refractivity contribution < 1.29 is 18.7 Å². The summed E-state index contributed by atoms with van der Waals surface area (Å²) in [5.74, 6) is 1.27. The van der Waals surface area contributed by atoms with Crippen LogP contribution in [0.4, 0.5) is 15.0 Å². The van der Waals surface area contributed by atoms with E-state index in [1.807, 2.05) is 39.0 Å². The number of anilines is 1. The van der Waals surface area contributed by atoms with Crippen molar-refractivity contribution in [2.75, 3.05) is 11.9 Å². The van der Waals surface area contributed by atoms with Gasteiger partial charge < -0.3 is 20.1 Å². The van der Waals surface area contributed by atoms with Crippen molar-refractivity contribution in [3.05, 3.63) is 71.1 Å². The molecule has 2 heterocycles. The molecule has 0 radical (unpaired) electrons. The summed E-state index contributed by atoms with van der Waals surface area (Å²) in [5, 5.41) is 6.90. The molecular formula is C29H34ClFN4O3. The van der Waals surface area contributed by atoms with Crippen LogP contribution < -0.4 is 15.4 Å². The topological polar surface area (TPSA) is 85.4 Å². The second-order valence-corrected chi connectivity index (χ2v) is 11.0. The highest BCUT2D eigenvalue weighted by molar-refractivity contribution is 6.33. The number of aromatic nitrogens is 2. The van der Waals surface area contributed by atoms with Gasteiger partial charge in [0.25, 0.3) is 0 Å². The van der Waals surface area contributed by atoms with E-state index in [1.54, 1.807) is 24.4 Å². The van der Waals surface area contributed by atoms with Crippen LogP contribution in [0.15, 0.2) is 54.7 Å². The third-order valence-electron chi connectivity index (χ3n) is 6.26. The SMILES string of the molecule is CC(C)(C)OC(=O)NCC1CCC(Nc2cc(-c3cccc(OCc4cccc(F)c4)n3)c(Cl)cn2)CC1. The molecule has 0 saturated heterocycles. The smallest absolute Gasteiger partial charge is 0.407 e. The molecule has 1 aromatic carbocycles. The van der Waals surface area contributed by atoms with Crippen LogP contribution in [0.1, 0.15) is 52.0 Å². The van der Waals surface area contributed by atoms with Crippen molar-refractivity contribution in [3.8, 4) is 17.1 Å². The number of halogens is 2. The number of rotatable bonds is 8. The van der Waals surface area contributed by atoms with Crippen LogP contribution in [0.25, 0.3) is 11.3 Å². The van der Waals surface area contributed by atoms with Gasteiger partial charge >= 0.3 is 6.09 Å². The number of nitrogens with one attached hydrogen (secondary N) is 2. The first-order valence-electron chi connectivity index (χ1n) is 12.9. The summed E-state index contributed by atoms with van der Waals surface area (Å²) in [4.78, 5) is 21.0. The van der Waals surface area contributed by atoms with E-state index >= 15 is 0 Å². The van der Waals surface area contributed by atoms with E-state index < -0.39 is 5.60 Å². The molecular weight excluding hydrogens is 507 g/mol. The van der Waals surface area contributed by atoms with E-state index in [4.69, 9.17) is 21.1 Å². The number of carbonyl (C=O) groups excluding carboxylic acids is 1. The Morgan fingerprint density at radius 1 is 1.11 bits per heavy atom. The Labute approximate surface area is 228 Å². The second-order valence-electron chi connectivity index (χ2n) is 10.6. The van der Waals surface area contributed by atoms with Gasteiger partial charge in [0.1, 0.15) is 23.8 Å². The van der Waals surface area contributed by atoms with Crippen molar-refractivity contribution in [2.45, 2.75) is 64.7 Å². The molecule has 1 fully saturated rings. The molecule has 4 rings (SSSR count). The Morgan fingerprint density at radius 2 is 1.87 bits per heavy atom. The third kappa shape index (κ3) is 8.31. The van der Waals surface area contributed by atoms with Gasteiger partial charge in [-0.15, -0.1) is 0 Å². The van der Waals surface area contributed by atoms with Gasteiger partial charge in [0.2, 0.25) is 5.88 Å². The van der Waals surface area contributed by atoms with Crippen LogP contribution in [0.2, 0.25) is 5.02 Å². The Morgan fingerprint density at radius 3 is 2.61 bits per heavy atom. The molecule has 202 valence electrons. The zero-order valence-corrected chi connectivity index (χ0v) is 22.7. The Bertz CT molecular complexity index is 1240. The standard InChI is InChI=1S/C29H34ClFN4O3/c1-29(2,3)38-28(36)33-16-19-10-12-22(13-11-19)34-26-15-23(24(30)17-32-26)25-8-5-9-27(35-25)37-18-20-6-4-7-21(31)14-20/h4-9,14-15,17,19,22H,10-13,16,18H2,1-3H3,(H,32,34)(H,33,36). The fourth-order valence-electron chi connectivity index (χ4n) is 4.41. The van der Waals surface area contributed by atoms with Gasteiger partial charge in [-0.3, -0.25) is 0 Å². The lowest BCUT2D eigenvalue weighted by molar-refractivity contribution is 0.0515. The number of carbonyl (C=O) groups is 1. The molecule has 1 aliphatic rings. The average molecular weight is 541 g/mol. The van der Waals surface area contributed by atoms with E-state index in [2.05, 4.69) is 20.6 Å². The van der Waals surface area contributed by atoms with Crippen LogP contribution in [0.3, 0.4) is 0 Å². The van der Waals surface area contributed by atoms with Crippen LogP contribution in [-0.4, -0.2) is 34.2 Å². The number of amides is 1. The Kier molecular flexibility index (Phi) is 9.05. The van der Waals surface area contributed by atoms with E-state index in [0.717, 1.165) is 42.6 Å². The van der Waals surface area contributed by atoms with E-state index in [0.29, 0.717) is 29.1 Å². The van der Waals surface area contributed by atoms with Gasteiger partial charge in [0, 0.05) is 30.4 Å². The zero-order chi connectivity index (χ0) is 27.1. The van der Waals surface area contributed by atoms with Gasteiger partial charge in [0.05, 0.1) is 10.7 Å². The Hall–Kier alpha value is -3.39. The molecule has 0 atom stereocenters. The number of alkyl carbamates (subject to hydrolysis) is 1. The van der Waals surface area contributed by atoms with Gasteiger partial charge in [-0.2, -0.15) is 0 Å². The second kappa shape index (κ2) is 12.4. The molecule has 2 aromatic heterocycles. The van der Waals surface area contributed by atoms with Crippen LogP contribution in [0.5, 0.6) is 5.88 Å². The quantitative estimate of drug-likeness (QED) is 0.319. The maximum absolute atomic E-state index is 13.4. The number of hydrogen-bond acceptors (Lipinski definition) is 6. The molecule has 9 heteroatoms. The summed E-state index contributed by atoms with van der Waals surface area (Å²) in [6.45, 7) is 6.40. The predicted molar refractivity (Wildman–Crippen MR) is 147 cm³/mol. The fourth-order valence-corrected chi connectivity index (χ4v) is 4.61. The highest BCUT2D eigenvalue weighted by Gasteiger charge is 2.23. The van der Waals surface area contributed by atoms with Gasteiger partial charge in [-0.25, -0.2) is 19.2 Å². The largest absolute Gasteiger partial charge is 0.473 e. The molecule has 0 spiro atoms. The number of benzene rings is 1. The monoisotopic (exact) mass is 540 g/mol. The minimum atomic E-state index is -0.497. The molecule has 0 aliphatic heterocycles. The summed E-state index contributed by atoms with van der Waals surface area (Å²) in [6, 6.07) is 13.9. The van der Waals surface area contributed by atoms with Gasteiger partial charge in [0.15, 0.2) is 0 Å². The summed E-state index contributed by atoms with van der Waals surface area (Å²) in [6.07, 6.45) is 5.20. The lowest BCUT2D eigenvalue weighted by atomic mass is 9.86. The highest BCUT2D eigenvalue weighted by Crippen LogP contribution is 2.31. The molecule has 3 aromatic rings. The van der Waals surface area contributed by atoms with E-state index in [9.17, 15) is 9.18 Å². The zero-order valence-electron chi connectivity index (χ0n) is 22.0. The van der Waals surface area contributed by atoms with E-state index in [-0.39, 0.29) is 24.6 Å². The number of nitrogens with zero attached hydrogens (tertiary/aromatic N) is 2. The summed E-state index contributed by atoms with van der Waals surface area (Å²) in [5.41, 5.74) is 1.63. The fraction of sp³-hybridized carbons (Fsp3) is 0.414. The predicted octanol–water partition coefficient (Wildman–Crippen LogP) is 7.01. The lowest BCUT2D eigenvalue weighted by Gasteiger charge is -2.30. The molecule has 38 heavy (non-hydrogen) atoms. The molecule has 1 amide bonds. The number of pyridine rings is 2. The van der Waals surface area contributed by atoms with E-state index in [1.165, 1.54) is 12.1 Å². The first-order valence-corrected chi connectivity index (χ1v) is 13.3. The number of ether oxygens (including phenoxy) is 2. The van der Waals surface area contributed by atoms with Crippen molar-refractivity contribution in [2.24, 2.45) is 5.92 Å². The van der Waals surface area contributed by atoms with Crippen molar-refractivity contribution in [3.63, 3.8) is 0 Å². The number of hydrogen-bond donors (Lipinski definition) is 2. The third-order valence-corrected chi connectivity index (χ3v) is 6.56. The maximum atomic E-state index is 13.4. The minimum Gasteiger partial charge on any atom is -0.473 e. The van der Waals surface area contributed by atoms with Crippen LogP contribution in [0, 0.1) is 11.7 Å². The first-order chi connectivity index (χ1) is 18.1. The lowest BCUT2D eigenvalue weighted by Crippen LogP contribution is -2.37. The van der Waals surface area contributed by atoms with Gasteiger partial charge in [-0.05, 0) is 82.2 Å². The Balaban J connectivity index is 1.32. The van der Waals surface area contributed by atoms with Crippen molar-refractivity contribution >= 4 is 23.5 Å². The van der Waals surface area contributed by atoms with Crippen LogP contribution in [-0.2, 0) is 11.3 Å². The summed E-state index contributed by atoms with van der Waals surface area (Å²) < 4.78 is 24.5. The average Bonchev–Trinajstić information content (AvgIpc) is 2.87. The maximum Gasteiger partial charge on any atom is 0.407 e. The summed E-state index contributed by atoms with van der Waals surface area (Å²) >= 11 is 6.48. The summed E-state index contributed by atoms with van der Waals surface area (Å²) in [7, 11) is 0. The molecule has 2 N–H and O–H groups in total. The molecule has 0 bridgehead atoms. The van der Waals surface area contributed by atoms with Crippen molar-refractivity contribution in [1.29, 1.82) is 0 Å². The molecule has 1 saturated carbocycles.